The number of H-pyrrole nitrogens is 1. The van der Waals surface area contributed by atoms with Crippen LogP contribution < -0.4 is 5.56 Å². The normalized spacial score (nSPS) is 11.1. The molecule has 20 heavy (non-hydrogen) atoms. The fraction of sp³-hybridized carbons (Fsp3) is 0.143. The lowest BCUT2D eigenvalue weighted by Gasteiger charge is -2.02. The van der Waals surface area contributed by atoms with Crippen LogP contribution in [0.1, 0.15) is 11.4 Å². The predicted octanol–water partition coefficient (Wildman–Crippen LogP) is 2.76. The van der Waals surface area contributed by atoms with E-state index in [9.17, 15) is 9.18 Å². The van der Waals surface area contributed by atoms with Gasteiger partial charge in [-0.3, -0.25) is 9.89 Å². The van der Waals surface area contributed by atoms with Crippen molar-refractivity contribution in [2.75, 3.05) is 0 Å². The number of rotatable bonds is 3. The van der Waals surface area contributed by atoms with Crippen molar-refractivity contribution in [1.29, 1.82) is 0 Å². The van der Waals surface area contributed by atoms with Gasteiger partial charge >= 0.3 is 0 Å². The molecule has 0 amide bonds. The third kappa shape index (κ3) is 2.60. The third-order valence-corrected chi connectivity index (χ3v) is 3.84. The van der Waals surface area contributed by atoms with Crippen LogP contribution >= 0.6 is 11.8 Å². The topological polar surface area (TPSA) is 50.2 Å². The van der Waals surface area contributed by atoms with Gasteiger partial charge in [0, 0.05) is 28.5 Å². The van der Waals surface area contributed by atoms with Crippen LogP contribution in [0.4, 0.5) is 4.39 Å². The lowest BCUT2D eigenvalue weighted by atomic mass is 10.4. The molecule has 0 spiro atoms. The van der Waals surface area contributed by atoms with Gasteiger partial charge in [0.25, 0.3) is 5.56 Å². The molecule has 3 aromatic rings. The van der Waals surface area contributed by atoms with Gasteiger partial charge in [0.15, 0.2) is 5.65 Å². The molecule has 2 aromatic heterocycles. The number of aromatic nitrogens is 3. The quantitative estimate of drug-likeness (QED) is 0.754. The molecule has 6 heteroatoms. The summed E-state index contributed by atoms with van der Waals surface area (Å²) in [6, 6.07) is 9.69. The first kappa shape index (κ1) is 12.9. The molecule has 1 N–H and O–H groups in total. The smallest absolute Gasteiger partial charge is 0.272 e. The van der Waals surface area contributed by atoms with Crippen LogP contribution in [0.2, 0.25) is 0 Å². The van der Waals surface area contributed by atoms with E-state index in [1.54, 1.807) is 6.07 Å². The molecular formula is C14H12FN3OS. The molecule has 0 radical (unpaired) electrons. The molecule has 0 aliphatic heterocycles. The third-order valence-electron chi connectivity index (χ3n) is 2.81. The summed E-state index contributed by atoms with van der Waals surface area (Å²) >= 11 is 1.45. The molecule has 0 saturated carbocycles. The van der Waals surface area contributed by atoms with Gasteiger partial charge in [0.1, 0.15) is 5.82 Å². The molecule has 0 atom stereocenters. The van der Waals surface area contributed by atoms with Crippen molar-refractivity contribution in [3.8, 4) is 0 Å². The Morgan fingerprint density at radius 1 is 1.35 bits per heavy atom. The SMILES string of the molecule is Cc1cc2nc(CSc3cccc(F)c3)cc(=O)n2[nH]1. The zero-order valence-corrected chi connectivity index (χ0v) is 11.6. The van der Waals surface area contributed by atoms with Gasteiger partial charge in [-0.05, 0) is 25.1 Å². The molecule has 0 unspecified atom stereocenters. The molecule has 1 aromatic carbocycles. The Hall–Kier alpha value is -2.08. The Morgan fingerprint density at radius 3 is 3.00 bits per heavy atom. The molecule has 0 aliphatic rings. The number of hydrogen-bond acceptors (Lipinski definition) is 3. The average molecular weight is 289 g/mol. The minimum Gasteiger partial charge on any atom is -0.294 e. The first-order valence-electron chi connectivity index (χ1n) is 6.08. The van der Waals surface area contributed by atoms with Crippen LogP contribution in [0, 0.1) is 12.7 Å². The standard InChI is InChI=1S/C14H12FN3OS/c1-9-5-13-16-11(7-14(19)18(13)17-9)8-20-12-4-2-3-10(15)6-12/h2-7,17H,8H2,1H3. The van der Waals surface area contributed by atoms with Crippen molar-refractivity contribution in [2.24, 2.45) is 0 Å². The van der Waals surface area contributed by atoms with Crippen LogP contribution in [0.25, 0.3) is 5.65 Å². The minimum atomic E-state index is -0.264. The summed E-state index contributed by atoms with van der Waals surface area (Å²) in [4.78, 5) is 17.1. The molecule has 0 fully saturated rings. The molecule has 0 aliphatic carbocycles. The maximum Gasteiger partial charge on any atom is 0.272 e. The van der Waals surface area contributed by atoms with E-state index in [1.165, 1.54) is 34.5 Å². The fourth-order valence-electron chi connectivity index (χ4n) is 1.95. The largest absolute Gasteiger partial charge is 0.294 e. The highest BCUT2D eigenvalue weighted by atomic mass is 32.2. The van der Waals surface area contributed by atoms with Crippen molar-refractivity contribution in [2.45, 2.75) is 17.6 Å². The molecule has 0 bridgehead atoms. The van der Waals surface area contributed by atoms with E-state index in [2.05, 4.69) is 10.1 Å². The van der Waals surface area contributed by atoms with Crippen molar-refractivity contribution in [3.05, 3.63) is 64.0 Å². The number of nitrogens with one attached hydrogen (secondary N) is 1. The Labute approximate surface area is 118 Å². The van der Waals surface area contributed by atoms with Gasteiger partial charge in [-0.25, -0.2) is 13.9 Å². The van der Waals surface area contributed by atoms with Crippen LogP contribution in [0.5, 0.6) is 0 Å². The zero-order valence-electron chi connectivity index (χ0n) is 10.8. The van der Waals surface area contributed by atoms with Crippen LogP contribution in [0.15, 0.2) is 46.1 Å². The van der Waals surface area contributed by atoms with Gasteiger partial charge < -0.3 is 0 Å². The first-order valence-corrected chi connectivity index (χ1v) is 7.07. The lowest BCUT2D eigenvalue weighted by molar-refractivity contribution is 0.624. The second-order valence-corrected chi connectivity index (χ2v) is 5.51. The van der Waals surface area contributed by atoms with Crippen molar-refractivity contribution in [1.82, 2.24) is 14.6 Å². The van der Waals surface area contributed by atoms with E-state index in [0.717, 1.165) is 10.6 Å². The highest BCUT2D eigenvalue weighted by Gasteiger charge is 2.05. The van der Waals surface area contributed by atoms with Gasteiger partial charge in [-0.15, -0.1) is 11.8 Å². The summed E-state index contributed by atoms with van der Waals surface area (Å²) in [5, 5.41) is 2.92. The lowest BCUT2D eigenvalue weighted by Crippen LogP contribution is -2.15. The highest BCUT2D eigenvalue weighted by molar-refractivity contribution is 7.98. The summed E-state index contributed by atoms with van der Waals surface area (Å²) in [6.07, 6.45) is 0. The van der Waals surface area contributed by atoms with E-state index in [1.807, 2.05) is 19.1 Å². The van der Waals surface area contributed by atoms with Gasteiger partial charge in [-0.2, -0.15) is 0 Å². The maximum atomic E-state index is 13.1. The van der Waals surface area contributed by atoms with E-state index in [0.29, 0.717) is 17.1 Å². The Bertz CT molecular complexity index is 825. The van der Waals surface area contributed by atoms with Gasteiger partial charge in [0.2, 0.25) is 0 Å². The number of benzene rings is 1. The minimum absolute atomic E-state index is 0.141. The number of halogens is 1. The average Bonchev–Trinajstić information content (AvgIpc) is 2.78. The first-order chi connectivity index (χ1) is 9.61. The van der Waals surface area contributed by atoms with Gasteiger partial charge in [-0.1, -0.05) is 6.07 Å². The predicted molar refractivity (Wildman–Crippen MR) is 76.5 cm³/mol. The molecule has 2 heterocycles. The number of aryl methyl sites for hydroxylation is 1. The molecule has 0 saturated heterocycles. The van der Waals surface area contributed by atoms with Crippen LogP contribution in [-0.4, -0.2) is 14.6 Å². The number of aromatic amines is 1. The monoisotopic (exact) mass is 289 g/mol. The summed E-state index contributed by atoms with van der Waals surface area (Å²) in [5.41, 5.74) is 2.02. The number of hydrogen-bond donors (Lipinski definition) is 1. The van der Waals surface area contributed by atoms with E-state index < -0.39 is 0 Å². The van der Waals surface area contributed by atoms with E-state index in [-0.39, 0.29) is 11.4 Å². The van der Waals surface area contributed by atoms with Crippen molar-refractivity contribution >= 4 is 17.4 Å². The molecule has 4 nitrogen and oxygen atoms in total. The summed E-state index contributed by atoms with van der Waals surface area (Å²) in [7, 11) is 0. The van der Waals surface area contributed by atoms with Crippen LogP contribution in [0.3, 0.4) is 0 Å². The van der Waals surface area contributed by atoms with E-state index in [4.69, 9.17) is 0 Å². The summed E-state index contributed by atoms with van der Waals surface area (Å²) in [6.45, 7) is 1.87. The molecule has 3 rings (SSSR count). The second-order valence-electron chi connectivity index (χ2n) is 4.46. The fourth-order valence-corrected chi connectivity index (χ4v) is 2.78. The zero-order chi connectivity index (χ0) is 14.1. The second kappa shape index (κ2) is 5.13. The summed E-state index contributed by atoms with van der Waals surface area (Å²) in [5.74, 6) is 0.263. The highest BCUT2D eigenvalue weighted by Crippen LogP contribution is 2.22. The van der Waals surface area contributed by atoms with Crippen LogP contribution in [-0.2, 0) is 5.75 Å². The number of thioether (sulfide) groups is 1. The Kier molecular flexibility index (Phi) is 3.31. The molecule has 102 valence electrons. The number of fused-ring (bicyclic) bond motifs is 1. The van der Waals surface area contributed by atoms with E-state index >= 15 is 0 Å². The number of nitrogens with zero attached hydrogens (tertiary/aromatic N) is 2. The van der Waals surface area contributed by atoms with Gasteiger partial charge in [0.05, 0.1) is 5.69 Å². The molecular weight excluding hydrogens is 277 g/mol. The Morgan fingerprint density at radius 2 is 2.20 bits per heavy atom. The van der Waals surface area contributed by atoms with Crippen molar-refractivity contribution < 1.29 is 4.39 Å². The maximum absolute atomic E-state index is 13.1. The summed E-state index contributed by atoms with van der Waals surface area (Å²) < 4.78 is 14.5. The van der Waals surface area contributed by atoms with Crippen molar-refractivity contribution in [3.63, 3.8) is 0 Å². The Balaban J connectivity index is 1.86.